The number of benzene rings is 1. The second-order valence-corrected chi connectivity index (χ2v) is 11.0. The number of aromatic nitrogens is 2. The third-order valence-electron chi connectivity index (χ3n) is 5.89. The summed E-state index contributed by atoms with van der Waals surface area (Å²) < 4.78 is 27.7. The van der Waals surface area contributed by atoms with E-state index in [-0.39, 0.29) is 28.8 Å². The Kier molecular flexibility index (Phi) is 6.45. The average Bonchev–Trinajstić information content (AvgIpc) is 3.06. The summed E-state index contributed by atoms with van der Waals surface area (Å²) in [5.74, 6) is 0.498. The Hall–Kier alpha value is -2.56. The average molecular weight is 475 g/mol. The van der Waals surface area contributed by atoms with Crippen LogP contribution in [0.4, 0.5) is 0 Å². The molecule has 0 atom stereocenters. The molecule has 1 aliphatic heterocycles. The molecule has 1 saturated heterocycles. The number of rotatable bonds is 6. The van der Waals surface area contributed by atoms with Crippen LogP contribution in [0.5, 0.6) is 0 Å². The first-order chi connectivity index (χ1) is 15.2. The highest BCUT2D eigenvalue weighted by molar-refractivity contribution is 7.89. The van der Waals surface area contributed by atoms with Gasteiger partial charge < -0.3 is 9.88 Å². The predicted molar refractivity (Wildman–Crippen MR) is 124 cm³/mol. The van der Waals surface area contributed by atoms with Gasteiger partial charge in [-0.25, -0.2) is 18.1 Å². The van der Waals surface area contributed by atoms with Crippen LogP contribution in [0.25, 0.3) is 10.2 Å². The predicted octanol–water partition coefficient (Wildman–Crippen LogP) is 2.50. The fraction of sp³-hybridized carbons (Fsp3) is 0.409. The van der Waals surface area contributed by atoms with Crippen molar-refractivity contribution in [3.8, 4) is 0 Å². The van der Waals surface area contributed by atoms with Crippen molar-refractivity contribution in [1.82, 2.24) is 19.6 Å². The van der Waals surface area contributed by atoms with Crippen molar-refractivity contribution in [3.63, 3.8) is 0 Å². The Morgan fingerprint density at radius 1 is 1.22 bits per heavy atom. The maximum Gasteiger partial charge on any atom is 0.259 e. The normalized spacial score (nSPS) is 15.4. The molecule has 0 radical (unpaired) electrons. The maximum atomic E-state index is 12.7. The van der Waals surface area contributed by atoms with E-state index in [1.807, 2.05) is 13.8 Å². The van der Waals surface area contributed by atoms with E-state index in [0.717, 1.165) is 10.4 Å². The van der Waals surface area contributed by atoms with E-state index in [1.54, 1.807) is 35.2 Å². The van der Waals surface area contributed by atoms with E-state index in [2.05, 4.69) is 14.7 Å². The van der Waals surface area contributed by atoms with E-state index < -0.39 is 10.0 Å². The molecule has 3 heterocycles. The van der Waals surface area contributed by atoms with E-state index in [1.165, 1.54) is 11.3 Å². The summed E-state index contributed by atoms with van der Waals surface area (Å²) in [5.41, 5.74) is 0.790. The Bertz CT molecular complexity index is 1290. The van der Waals surface area contributed by atoms with Gasteiger partial charge in [0.1, 0.15) is 10.7 Å². The highest BCUT2D eigenvalue weighted by atomic mass is 32.2. The molecule has 1 fully saturated rings. The monoisotopic (exact) mass is 474 g/mol. The molecule has 1 aromatic carbocycles. The van der Waals surface area contributed by atoms with Crippen molar-refractivity contribution in [2.45, 2.75) is 50.5 Å². The number of piperidine rings is 1. The number of aromatic amines is 1. The highest BCUT2D eigenvalue weighted by Crippen LogP contribution is 2.25. The second kappa shape index (κ2) is 9.13. The quantitative estimate of drug-likeness (QED) is 0.570. The standard InChI is InChI=1S/C22H26N4O4S2/c1-14-15(2)31-22-20(14)21(28)23-18(24-22)8-9-19(27)26-12-10-16(11-13-26)25-32(29,30)17-6-4-3-5-7-17/h3-7,16,25H,8-13H2,1-2H3,(H,23,24,28). The summed E-state index contributed by atoms with van der Waals surface area (Å²) in [6.45, 7) is 4.87. The van der Waals surface area contributed by atoms with Gasteiger partial charge in [0.25, 0.3) is 5.56 Å². The minimum Gasteiger partial charge on any atom is -0.343 e. The molecule has 2 aromatic heterocycles. The molecule has 0 saturated carbocycles. The van der Waals surface area contributed by atoms with Gasteiger partial charge in [-0.3, -0.25) is 9.59 Å². The SMILES string of the molecule is Cc1sc2nc(CCC(=O)N3CCC(NS(=O)(=O)c4ccccc4)CC3)[nH]c(=O)c2c1C. The number of amides is 1. The molecule has 8 nitrogen and oxygen atoms in total. The Morgan fingerprint density at radius 2 is 1.91 bits per heavy atom. The van der Waals surface area contributed by atoms with Gasteiger partial charge >= 0.3 is 0 Å². The summed E-state index contributed by atoms with van der Waals surface area (Å²) in [6, 6.07) is 8.09. The molecular weight excluding hydrogens is 448 g/mol. The van der Waals surface area contributed by atoms with E-state index in [9.17, 15) is 18.0 Å². The second-order valence-electron chi connectivity index (χ2n) is 8.07. The Morgan fingerprint density at radius 3 is 2.59 bits per heavy atom. The zero-order chi connectivity index (χ0) is 22.9. The lowest BCUT2D eigenvalue weighted by atomic mass is 10.1. The maximum absolute atomic E-state index is 12.7. The topological polar surface area (TPSA) is 112 Å². The molecule has 0 bridgehead atoms. The summed E-state index contributed by atoms with van der Waals surface area (Å²) in [4.78, 5) is 36.2. The summed E-state index contributed by atoms with van der Waals surface area (Å²) in [5, 5.41) is 0.627. The minimum absolute atomic E-state index is 0.0179. The Balaban J connectivity index is 1.31. The number of hydrogen-bond acceptors (Lipinski definition) is 6. The van der Waals surface area contributed by atoms with Gasteiger partial charge in [0.15, 0.2) is 0 Å². The first kappa shape index (κ1) is 22.6. The highest BCUT2D eigenvalue weighted by Gasteiger charge is 2.26. The van der Waals surface area contributed by atoms with Gasteiger partial charge in [0.05, 0.1) is 10.3 Å². The lowest BCUT2D eigenvalue weighted by Gasteiger charge is -2.32. The molecule has 0 spiro atoms. The molecular formula is C22H26N4O4S2. The van der Waals surface area contributed by atoms with Gasteiger partial charge in [-0.15, -0.1) is 11.3 Å². The largest absolute Gasteiger partial charge is 0.343 e. The smallest absolute Gasteiger partial charge is 0.259 e. The van der Waals surface area contributed by atoms with Gasteiger partial charge in [-0.1, -0.05) is 18.2 Å². The van der Waals surface area contributed by atoms with Crippen molar-refractivity contribution in [1.29, 1.82) is 0 Å². The van der Waals surface area contributed by atoms with Crippen LogP contribution in [0.2, 0.25) is 0 Å². The summed E-state index contributed by atoms with van der Waals surface area (Å²) in [7, 11) is -3.56. The Labute approximate surface area is 190 Å². The van der Waals surface area contributed by atoms with E-state index >= 15 is 0 Å². The number of carbonyl (C=O) groups is 1. The first-order valence-electron chi connectivity index (χ1n) is 10.6. The van der Waals surface area contributed by atoms with E-state index in [0.29, 0.717) is 48.4 Å². The molecule has 32 heavy (non-hydrogen) atoms. The third-order valence-corrected chi connectivity index (χ3v) is 8.52. The fourth-order valence-electron chi connectivity index (χ4n) is 3.93. The number of thiophene rings is 1. The summed E-state index contributed by atoms with van der Waals surface area (Å²) >= 11 is 1.49. The van der Waals surface area contributed by atoms with E-state index in [4.69, 9.17) is 0 Å². The minimum atomic E-state index is -3.56. The van der Waals surface area contributed by atoms with Crippen LogP contribution in [-0.4, -0.2) is 48.3 Å². The molecule has 0 unspecified atom stereocenters. The number of hydrogen-bond donors (Lipinski definition) is 2. The number of aryl methyl sites for hydroxylation is 3. The first-order valence-corrected chi connectivity index (χ1v) is 12.9. The van der Waals surface area contributed by atoms with Crippen molar-refractivity contribution in [2.75, 3.05) is 13.1 Å². The third kappa shape index (κ3) is 4.77. The molecule has 1 amide bonds. The summed E-state index contributed by atoms with van der Waals surface area (Å²) in [6.07, 6.45) is 1.73. The van der Waals surface area contributed by atoms with Crippen molar-refractivity contribution in [2.24, 2.45) is 0 Å². The molecule has 0 aliphatic carbocycles. The number of fused-ring (bicyclic) bond motifs is 1. The molecule has 4 rings (SSSR count). The molecule has 10 heteroatoms. The number of H-pyrrole nitrogens is 1. The van der Waals surface area contributed by atoms with Gasteiger partial charge in [-0.2, -0.15) is 0 Å². The zero-order valence-corrected chi connectivity index (χ0v) is 19.7. The lowest BCUT2D eigenvalue weighted by molar-refractivity contribution is -0.132. The molecule has 1 aliphatic rings. The number of sulfonamides is 1. The molecule has 3 aromatic rings. The fourth-order valence-corrected chi connectivity index (χ4v) is 6.31. The van der Waals surface area contributed by atoms with Gasteiger partial charge in [0.2, 0.25) is 15.9 Å². The van der Waals surface area contributed by atoms with Crippen LogP contribution >= 0.6 is 11.3 Å². The number of nitrogens with one attached hydrogen (secondary N) is 2. The van der Waals surface area contributed by atoms with Gasteiger partial charge in [0, 0.05) is 36.9 Å². The van der Waals surface area contributed by atoms with Crippen LogP contribution in [0.3, 0.4) is 0 Å². The number of likely N-dealkylation sites (tertiary alicyclic amines) is 1. The molecule has 170 valence electrons. The van der Waals surface area contributed by atoms with Crippen LogP contribution in [0.15, 0.2) is 40.0 Å². The molecule has 2 N–H and O–H groups in total. The van der Waals surface area contributed by atoms with Crippen molar-refractivity contribution >= 4 is 37.5 Å². The van der Waals surface area contributed by atoms with Crippen molar-refractivity contribution in [3.05, 3.63) is 57.0 Å². The lowest BCUT2D eigenvalue weighted by Crippen LogP contribution is -2.46. The zero-order valence-electron chi connectivity index (χ0n) is 18.1. The van der Waals surface area contributed by atoms with Crippen LogP contribution < -0.4 is 10.3 Å². The number of carbonyl (C=O) groups excluding carboxylic acids is 1. The van der Waals surface area contributed by atoms with Gasteiger partial charge in [-0.05, 0) is 44.4 Å². The van der Waals surface area contributed by atoms with Crippen LogP contribution in [-0.2, 0) is 21.2 Å². The number of nitrogens with zero attached hydrogens (tertiary/aromatic N) is 2. The van der Waals surface area contributed by atoms with Crippen LogP contribution in [0.1, 0.15) is 35.5 Å². The van der Waals surface area contributed by atoms with Crippen LogP contribution in [0, 0.1) is 13.8 Å². The van der Waals surface area contributed by atoms with Crippen molar-refractivity contribution < 1.29 is 13.2 Å².